The number of aromatic amines is 1. The molecule has 18 heavy (non-hydrogen) atoms. The molecule has 90 valence electrons. The van der Waals surface area contributed by atoms with Crippen molar-refractivity contribution in [2.45, 2.75) is 19.8 Å². The fourth-order valence-corrected chi connectivity index (χ4v) is 3.40. The molecule has 3 aromatic rings. The number of nitrogens with one attached hydrogen (secondary N) is 1. The molecule has 4 rings (SSSR count). The molecule has 0 atom stereocenters. The van der Waals surface area contributed by atoms with Crippen LogP contribution in [-0.4, -0.2) is 9.97 Å². The minimum Gasteiger partial charge on any atom is -0.461 e. The summed E-state index contributed by atoms with van der Waals surface area (Å²) in [7, 11) is 0. The van der Waals surface area contributed by atoms with Gasteiger partial charge in [-0.25, -0.2) is 4.98 Å². The first-order valence-electron chi connectivity index (χ1n) is 6.03. The zero-order chi connectivity index (χ0) is 12.1. The average molecular weight is 256 g/mol. The molecule has 3 aromatic heterocycles. The van der Waals surface area contributed by atoms with Crippen LogP contribution in [0.2, 0.25) is 0 Å². The normalized spacial score (nSPS) is 13.4. The van der Waals surface area contributed by atoms with Crippen LogP contribution in [0, 0.1) is 6.92 Å². The molecule has 1 aliphatic carbocycles. The van der Waals surface area contributed by atoms with Gasteiger partial charge in [-0.1, -0.05) is 0 Å². The second kappa shape index (κ2) is 3.59. The first-order valence-corrected chi connectivity index (χ1v) is 6.91. The highest BCUT2D eigenvalue weighted by Crippen LogP contribution is 2.37. The van der Waals surface area contributed by atoms with Crippen molar-refractivity contribution in [3.8, 4) is 22.8 Å². The first kappa shape index (κ1) is 10.1. The summed E-state index contributed by atoms with van der Waals surface area (Å²) in [5.41, 5.74) is 4.73. The van der Waals surface area contributed by atoms with Gasteiger partial charge in [-0.05, 0) is 42.8 Å². The number of nitrogens with zero attached hydrogens (tertiary/aromatic N) is 1. The molecule has 0 saturated carbocycles. The molecule has 3 nitrogen and oxygen atoms in total. The summed E-state index contributed by atoms with van der Waals surface area (Å²) in [6.45, 7) is 2.04. The highest BCUT2D eigenvalue weighted by atomic mass is 32.1. The topological polar surface area (TPSA) is 41.8 Å². The van der Waals surface area contributed by atoms with Gasteiger partial charge >= 0.3 is 0 Å². The van der Waals surface area contributed by atoms with Crippen molar-refractivity contribution in [1.29, 1.82) is 0 Å². The number of imidazole rings is 1. The van der Waals surface area contributed by atoms with E-state index in [-0.39, 0.29) is 0 Å². The van der Waals surface area contributed by atoms with Crippen LogP contribution in [0.3, 0.4) is 0 Å². The van der Waals surface area contributed by atoms with Crippen molar-refractivity contribution in [2.24, 2.45) is 0 Å². The third-order valence-corrected chi connectivity index (χ3v) is 4.44. The van der Waals surface area contributed by atoms with Crippen molar-refractivity contribution in [3.63, 3.8) is 0 Å². The third-order valence-electron chi connectivity index (χ3n) is 3.46. The molecule has 1 N–H and O–H groups in total. The van der Waals surface area contributed by atoms with E-state index < -0.39 is 0 Å². The Morgan fingerprint density at radius 1 is 1.33 bits per heavy atom. The number of hydrogen-bond acceptors (Lipinski definition) is 3. The average Bonchev–Trinajstić information content (AvgIpc) is 3.04. The van der Waals surface area contributed by atoms with E-state index in [1.54, 1.807) is 6.26 Å². The number of aryl methyl sites for hydroxylation is 3. The van der Waals surface area contributed by atoms with E-state index in [0.29, 0.717) is 0 Å². The van der Waals surface area contributed by atoms with Crippen LogP contribution in [0.15, 0.2) is 28.2 Å². The maximum atomic E-state index is 5.51. The summed E-state index contributed by atoms with van der Waals surface area (Å²) in [6.07, 6.45) is 3.86. The number of fused-ring (bicyclic) bond motifs is 3. The van der Waals surface area contributed by atoms with E-state index in [1.165, 1.54) is 16.1 Å². The summed E-state index contributed by atoms with van der Waals surface area (Å²) in [5.74, 6) is 1.70. The second-order valence-electron chi connectivity index (χ2n) is 4.60. The van der Waals surface area contributed by atoms with E-state index >= 15 is 0 Å². The third kappa shape index (κ3) is 1.32. The second-order valence-corrected chi connectivity index (χ2v) is 5.60. The lowest BCUT2D eigenvalue weighted by atomic mass is 10.0. The van der Waals surface area contributed by atoms with Gasteiger partial charge in [-0.2, -0.15) is 0 Å². The Balaban J connectivity index is 1.90. The Morgan fingerprint density at radius 3 is 3.11 bits per heavy atom. The lowest BCUT2D eigenvalue weighted by Crippen LogP contribution is -1.99. The molecular weight excluding hydrogens is 244 g/mol. The van der Waals surface area contributed by atoms with Crippen molar-refractivity contribution in [2.75, 3.05) is 0 Å². The monoisotopic (exact) mass is 256 g/mol. The highest BCUT2D eigenvalue weighted by molar-refractivity contribution is 7.10. The van der Waals surface area contributed by atoms with Gasteiger partial charge in [-0.15, -0.1) is 11.3 Å². The largest absolute Gasteiger partial charge is 0.461 e. The molecule has 0 spiro atoms. The van der Waals surface area contributed by atoms with Crippen molar-refractivity contribution < 1.29 is 4.42 Å². The Bertz CT molecular complexity index is 720. The number of aromatic nitrogens is 2. The fourth-order valence-electron chi connectivity index (χ4n) is 2.52. The molecular formula is C14H12N2OS. The molecule has 0 saturated heterocycles. The smallest absolute Gasteiger partial charge is 0.174 e. The first-order chi connectivity index (χ1) is 8.83. The van der Waals surface area contributed by atoms with Gasteiger partial charge in [-0.3, -0.25) is 0 Å². The van der Waals surface area contributed by atoms with E-state index in [2.05, 4.69) is 16.4 Å². The van der Waals surface area contributed by atoms with Crippen molar-refractivity contribution in [3.05, 3.63) is 39.9 Å². The Labute approximate surface area is 108 Å². The predicted molar refractivity (Wildman–Crippen MR) is 71.7 cm³/mol. The molecule has 0 amide bonds. The maximum absolute atomic E-state index is 5.51. The van der Waals surface area contributed by atoms with Crippen LogP contribution in [-0.2, 0) is 12.8 Å². The van der Waals surface area contributed by atoms with Crippen molar-refractivity contribution >= 4 is 11.3 Å². The van der Waals surface area contributed by atoms with Crippen LogP contribution in [0.1, 0.15) is 16.1 Å². The van der Waals surface area contributed by atoms with Gasteiger partial charge in [0.05, 0.1) is 12.0 Å². The Kier molecular flexibility index (Phi) is 2.02. The molecule has 0 bridgehead atoms. The molecule has 0 aromatic carbocycles. The van der Waals surface area contributed by atoms with Crippen LogP contribution in [0.5, 0.6) is 0 Å². The number of thiophene rings is 1. The van der Waals surface area contributed by atoms with E-state index in [0.717, 1.165) is 35.7 Å². The standard InChI is InChI=1S/C14H12N2OS/c1-8-4-6-17-13(8)14-15-10-2-3-11-9(5-7-18-11)12(10)16-14/h4-7H,2-3H2,1H3,(H,15,16). The summed E-state index contributed by atoms with van der Waals surface area (Å²) >= 11 is 1.82. The zero-order valence-corrected chi connectivity index (χ0v) is 10.8. The summed E-state index contributed by atoms with van der Waals surface area (Å²) < 4.78 is 5.51. The van der Waals surface area contributed by atoms with Crippen LogP contribution >= 0.6 is 11.3 Å². The maximum Gasteiger partial charge on any atom is 0.174 e. The summed E-state index contributed by atoms with van der Waals surface area (Å²) in [6, 6.07) is 4.13. The van der Waals surface area contributed by atoms with Gasteiger partial charge in [0.1, 0.15) is 0 Å². The zero-order valence-electron chi connectivity index (χ0n) is 9.99. The van der Waals surface area contributed by atoms with E-state index in [9.17, 15) is 0 Å². The summed E-state index contributed by atoms with van der Waals surface area (Å²) in [5, 5.41) is 2.15. The van der Waals surface area contributed by atoms with Crippen LogP contribution < -0.4 is 0 Å². The molecule has 0 radical (unpaired) electrons. The molecule has 4 heteroatoms. The molecule has 0 fully saturated rings. The minimum atomic E-state index is 0.848. The number of furan rings is 1. The van der Waals surface area contributed by atoms with Gasteiger partial charge < -0.3 is 9.40 Å². The Morgan fingerprint density at radius 2 is 2.28 bits per heavy atom. The minimum absolute atomic E-state index is 0.848. The van der Waals surface area contributed by atoms with Crippen LogP contribution in [0.25, 0.3) is 22.8 Å². The lowest BCUT2D eigenvalue weighted by Gasteiger charge is -2.09. The number of hydrogen-bond donors (Lipinski definition) is 1. The van der Waals surface area contributed by atoms with Crippen molar-refractivity contribution in [1.82, 2.24) is 9.97 Å². The lowest BCUT2D eigenvalue weighted by molar-refractivity contribution is 0.576. The summed E-state index contributed by atoms with van der Waals surface area (Å²) in [4.78, 5) is 9.57. The van der Waals surface area contributed by atoms with Crippen LogP contribution in [0.4, 0.5) is 0 Å². The van der Waals surface area contributed by atoms with Gasteiger partial charge in [0.25, 0.3) is 0 Å². The molecule has 0 unspecified atom stereocenters. The number of H-pyrrole nitrogens is 1. The van der Waals surface area contributed by atoms with Gasteiger partial charge in [0, 0.05) is 16.1 Å². The quantitative estimate of drug-likeness (QED) is 0.719. The molecule has 0 aliphatic heterocycles. The van der Waals surface area contributed by atoms with E-state index in [4.69, 9.17) is 9.40 Å². The molecule has 3 heterocycles. The Hall–Kier alpha value is -1.81. The predicted octanol–water partition coefficient (Wildman–Crippen LogP) is 3.81. The van der Waals surface area contributed by atoms with Gasteiger partial charge in [0.15, 0.2) is 11.6 Å². The molecule has 1 aliphatic rings. The van der Waals surface area contributed by atoms with E-state index in [1.807, 2.05) is 24.3 Å². The fraction of sp³-hybridized carbons (Fsp3) is 0.214. The SMILES string of the molecule is Cc1ccoc1-c1nc2c([nH]1)CCc1sccc1-2. The highest BCUT2D eigenvalue weighted by Gasteiger charge is 2.22. The number of rotatable bonds is 1. The van der Waals surface area contributed by atoms with Gasteiger partial charge in [0.2, 0.25) is 0 Å².